The summed E-state index contributed by atoms with van der Waals surface area (Å²) in [6.07, 6.45) is 2.39. The largest absolute Gasteiger partial charge is 0.497 e. The lowest BCUT2D eigenvalue weighted by atomic mass is 10.2. The van der Waals surface area contributed by atoms with E-state index in [0.29, 0.717) is 5.92 Å². The molecule has 1 heterocycles. The van der Waals surface area contributed by atoms with Crippen LogP contribution in [-0.4, -0.2) is 24.1 Å². The summed E-state index contributed by atoms with van der Waals surface area (Å²) in [6.45, 7) is 0. The third kappa shape index (κ3) is 2.77. The van der Waals surface area contributed by atoms with Crippen molar-refractivity contribution < 1.29 is 4.74 Å². The molecule has 1 aliphatic rings. The van der Waals surface area contributed by atoms with Gasteiger partial charge in [0.1, 0.15) is 22.0 Å². The highest BCUT2D eigenvalue weighted by Crippen LogP contribution is 2.39. The van der Waals surface area contributed by atoms with Crippen molar-refractivity contribution in [3.63, 3.8) is 0 Å². The van der Waals surface area contributed by atoms with Crippen LogP contribution >= 0.6 is 15.9 Å². The lowest BCUT2D eigenvalue weighted by Gasteiger charge is -2.19. The van der Waals surface area contributed by atoms with Crippen LogP contribution in [0.5, 0.6) is 5.75 Å². The molecule has 3 rings (SSSR count). The molecular formula is C15H16BrN3O. The normalized spacial score (nSPS) is 14.2. The molecule has 5 heteroatoms. The van der Waals surface area contributed by atoms with Crippen molar-refractivity contribution in [3.8, 4) is 5.75 Å². The zero-order valence-electron chi connectivity index (χ0n) is 11.5. The van der Waals surface area contributed by atoms with Crippen LogP contribution < -0.4 is 9.64 Å². The third-order valence-corrected chi connectivity index (χ3v) is 3.83. The van der Waals surface area contributed by atoms with Crippen molar-refractivity contribution >= 4 is 27.4 Å². The molecular weight excluding hydrogens is 318 g/mol. The van der Waals surface area contributed by atoms with E-state index in [-0.39, 0.29) is 0 Å². The van der Waals surface area contributed by atoms with Crippen LogP contribution in [0, 0.1) is 0 Å². The van der Waals surface area contributed by atoms with Crippen molar-refractivity contribution in [3.05, 3.63) is 40.8 Å². The Labute approximate surface area is 126 Å². The van der Waals surface area contributed by atoms with Gasteiger partial charge in [0, 0.05) is 30.8 Å². The predicted octanol–water partition coefficient (Wildman–Crippen LogP) is 3.89. The minimum absolute atomic E-state index is 0.532. The van der Waals surface area contributed by atoms with Gasteiger partial charge in [-0.3, -0.25) is 0 Å². The molecule has 1 saturated carbocycles. The Morgan fingerprint density at radius 1 is 1.25 bits per heavy atom. The molecule has 0 radical (unpaired) electrons. The molecule has 104 valence electrons. The third-order valence-electron chi connectivity index (χ3n) is 3.43. The first-order valence-corrected chi connectivity index (χ1v) is 7.39. The Kier molecular flexibility index (Phi) is 3.61. The smallest absolute Gasteiger partial charge is 0.137 e. The van der Waals surface area contributed by atoms with E-state index in [0.717, 1.165) is 27.7 Å². The average molecular weight is 334 g/mol. The summed E-state index contributed by atoms with van der Waals surface area (Å²) >= 11 is 3.48. The van der Waals surface area contributed by atoms with E-state index in [2.05, 4.69) is 25.9 Å². The van der Waals surface area contributed by atoms with Crippen LogP contribution in [0.2, 0.25) is 0 Å². The first kappa shape index (κ1) is 13.4. The number of hydrogen-bond donors (Lipinski definition) is 0. The molecule has 0 unspecified atom stereocenters. The molecule has 0 bridgehead atoms. The summed E-state index contributed by atoms with van der Waals surface area (Å²) in [5.74, 6) is 3.20. The number of anilines is 2. The van der Waals surface area contributed by atoms with Crippen LogP contribution in [0.3, 0.4) is 0 Å². The minimum atomic E-state index is 0.532. The van der Waals surface area contributed by atoms with Gasteiger partial charge in [-0.15, -0.1) is 0 Å². The summed E-state index contributed by atoms with van der Waals surface area (Å²) in [6, 6.07) is 9.87. The molecule has 0 aliphatic heterocycles. The number of ether oxygens (including phenoxy) is 1. The number of nitrogens with zero attached hydrogens (tertiary/aromatic N) is 3. The summed E-state index contributed by atoms with van der Waals surface area (Å²) in [4.78, 5) is 11.2. The zero-order chi connectivity index (χ0) is 14.1. The van der Waals surface area contributed by atoms with Crippen LogP contribution in [0.1, 0.15) is 24.6 Å². The van der Waals surface area contributed by atoms with Crippen molar-refractivity contribution in [2.45, 2.75) is 18.8 Å². The molecule has 4 nitrogen and oxygen atoms in total. The van der Waals surface area contributed by atoms with E-state index >= 15 is 0 Å². The number of hydrogen-bond acceptors (Lipinski definition) is 4. The van der Waals surface area contributed by atoms with E-state index in [1.165, 1.54) is 12.8 Å². The van der Waals surface area contributed by atoms with Crippen LogP contribution in [-0.2, 0) is 0 Å². The molecule has 0 saturated heterocycles. The van der Waals surface area contributed by atoms with Gasteiger partial charge < -0.3 is 9.64 Å². The van der Waals surface area contributed by atoms with Gasteiger partial charge in [-0.25, -0.2) is 9.97 Å². The molecule has 1 fully saturated rings. The highest BCUT2D eigenvalue weighted by molar-refractivity contribution is 9.10. The quantitative estimate of drug-likeness (QED) is 0.795. The fourth-order valence-electron chi connectivity index (χ4n) is 2.07. The monoisotopic (exact) mass is 333 g/mol. The van der Waals surface area contributed by atoms with Crippen LogP contribution in [0.25, 0.3) is 0 Å². The first-order chi connectivity index (χ1) is 9.67. The summed E-state index contributed by atoms with van der Waals surface area (Å²) in [5, 5.41) is 0. The zero-order valence-corrected chi connectivity index (χ0v) is 13.1. The molecule has 0 atom stereocenters. The topological polar surface area (TPSA) is 38.2 Å². The number of aromatic nitrogens is 2. The van der Waals surface area contributed by atoms with E-state index < -0.39 is 0 Å². The van der Waals surface area contributed by atoms with Gasteiger partial charge >= 0.3 is 0 Å². The van der Waals surface area contributed by atoms with Crippen molar-refractivity contribution in [2.24, 2.45) is 0 Å². The second-order valence-electron chi connectivity index (χ2n) is 4.94. The minimum Gasteiger partial charge on any atom is -0.497 e. The maximum Gasteiger partial charge on any atom is 0.137 e. The van der Waals surface area contributed by atoms with E-state index in [9.17, 15) is 0 Å². The van der Waals surface area contributed by atoms with Gasteiger partial charge in [-0.2, -0.15) is 0 Å². The lowest BCUT2D eigenvalue weighted by molar-refractivity contribution is 0.415. The van der Waals surface area contributed by atoms with Crippen molar-refractivity contribution in [1.82, 2.24) is 9.97 Å². The fraction of sp³-hybridized carbons (Fsp3) is 0.333. The molecule has 20 heavy (non-hydrogen) atoms. The summed E-state index contributed by atoms with van der Waals surface area (Å²) in [5.41, 5.74) is 1.04. The average Bonchev–Trinajstić information content (AvgIpc) is 3.30. The lowest BCUT2D eigenvalue weighted by Crippen LogP contribution is -2.12. The molecule has 1 aromatic carbocycles. The van der Waals surface area contributed by atoms with Gasteiger partial charge in [-0.1, -0.05) is 6.07 Å². The Balaban J connectivity index is 1.94. The standard InChI is InChI=1S/C15H16BrN3O/c1-19(11-4-3-5-12(8-11)20-2)14-9-13(16)17-15(18-14)10-6-7-10/h3-5,8-10H,6-7H2,1-2H3. The van der Waals surface area contributed by atoms with E-state index in [4.69, 9.17) is 4.74 Å². The van der Waals surface area contributed by atoms with E-state index in [1.807, 2.05) is 42.3 Å². The maximum atomic E-state index is 5.27. The van der Waals surface area contributed by atoms with Gasteiger partial charge in [0.2, 0.25) is 0 Å². The van der Waals surface area contributed by atoms with Gasteiger partial charge in [0.25, 0.3) is 0 Å². The molecule has 2 aromatic rings. The number of rotatable bonds is 4. The molecule has 1 aliphatic carbocycles. The summed E-state index contributed by atoms with van der Waals surface area (Å²) in [7, 11) is 3.67. The Hall–Kier alpha value is -1.62. The first-order valence-electron chi connectivity index (χ1n) is 6.59. The molecule has 0 amide bonds. The second kappa shape index (κ2) is 5.40. The molecule has 0 spiro atoms. The van der Waals surface area contributed by atoms with Crippen LogP contribution in [0.15, 0.2) is 34.9 Å². The highest BCUT2D eigenvalue weighted by atomic mass is 79.9. The van der Waals surface area contributed by atoms with Gasteiger partial charge in [0.05, 0.1) is 7.11 Å². The Bertz CT molecular complexity index is 628. The highest BCUT2D eigenvalue weighted by Gasteiger charge is 2.27. The van der Waals surface area contributed by atoms with Crippen molar-refractivity contribution in [2.75, 3.05) is 19.1 Å². The van der Waals surface area contributed by atoms with Gasteiger partial charge in [-0.05, 0) is 40.9 Å². The SMILES string of the molecule is COc1cccc(N(C)c2cc(Br)nc(C3CC3)n2)c1. The maximum absolute atomic E-state index is 5.27. The Morgan fingerprint density at radius 3 is 2.75 bits per heavy atom. The number of halogens is 1. The van der Waals surface area contributed by atoms with Gasteiger partial charge in [0.15, 0.2) is 0 Å². The number of methoxy groups -OCH3 is 1. The number of benzene rings is 1. The second-order valence-corrected chi connectivity index (χ2v) is 5.75. The predicted molar refractivity (Wildman–Crippen MR) is 82.8 cm³/mol. The van der Waals surface area contributed by atoms with Crippen LogP contribution in [0.4, 0.5) is 11.5 Å². The Morgan fingerprint density at radius 2 is 2.05 bits per heavy atom. The molecule has 1 aromatic heterocycles. The van der Waals surface area contributed by atoms with Crippen molar-refractivity contribution in [1.29, 1.82) is 0 Å². The molecule has 0 N–H and O–H groups in total. The summed E-state index contributed by atoms with van der Waals surface area (Å²) < 4.78 is 6.10. The fourth-order valence-corrected chi connectivity index (χ4v) is 2.46. The van der Waals surface area contributed by atoms with E-state index in [1.54, 1.807) is 7.11 Å².